The predicted molar refractivity (Wildman–Crippen MR) is 88.2 cm³/mol. The summed E-state index contributed by atoms with van der Waals surface area (Å²) < 4.78 is 5.30. The Morgan fingerprint density at radius 2 is 1.64 bits per heavy atom. The Kier molecular flexibility index (Phi) is 6.80. The summed E-state index contributed by atoms with van der Waals surface area (Å²) in [6.45, 7) is 2.89. The molecule has 1 heterocycles. The SMILES string of the molecule is CC(=O)Nc1ccc(NC(=O)C2(CN)CCOCC2)cc1.Cl. The number of hydrogen-bond acceptors (Lipinski definition) is 4. The molecule has 1 aliphatic rings. The number of nitrogens with one attached hydrogen (secondary N) is 2. The molecule has 0 aliphatic carbocycles. The Balaban J connectivity index is 0.00000242. The lowest BCUT2D eigenvalue weighted by Gasteiger charge is -2.34. The van der Waals surface area contributed by atoms with Crippen molar-refractivity contribution in [3.8, 4) is 0 Å². The van der Waals surface area contributed by atoms with E-state index in [0.29, 0.717) is 44.0 Å². The first-order chi connectivity index (χ1) is 10.1. The highest BCUT2D eigenvalue weighted by Crippen LogP contribution is 2.31. The third kappa shape index (κ3) is 4.43. The molecule has 122 valence electrons. The molecule has 22 heavy (non-hydrogen) atoms. The van der Waals surface area contributed by atoms with E-state index >= 15 is 0 Å². The van der Waals surface area contributed by atoms with Crippen LogP contribution in [0.15, 0.2) is 24.3 Å². The summed E-state index contributed by atoms with van der Waals surface area (Å²) in [4.78, 5) is 23.4. The summed E-state index contributed by atoms with van der Waals surface area (Å²) in [6.07, 6.45) is 1.28. The third-order valence-corrected chi connectivity index (χ3v) is 3.79. The van der Waals surface area contributed by atoms with Gasteiger partial charge in [-0.25, -0.2) is 0 Å². The molecule has 1 aromatic carbocycles. The van der Waals surface area contributed by atoms with Crippen LogP contribution in [0.5, 0.6) is 0 Å². The maximum atomic E-state index is 12.5. The lowest BCUT2D eigenvalue weighted by molar-refractivity contribution is -0.130. The average molecular weight is 328 g/mol. The Hall–Kier alpha value is -1.63. The molecule has 0 radical (unpaired) electrons. The van der Waals surface area contributed by atoms with E-state index in [-0.39, 0.29) is 24.2 Å². The summed E-state index contributed by atoms with van der Waals surface area (Å²) in [7, 11) is 0. The molecule has 0 atom stereocenters. The molecule has 7 heteroatoms. The zero-order valence-corrected chi connectivity index (χ0v) is 13.4. The molecule has 0 aromatic heterocycles. The van der Waals surface area contributed by atoms with E-state index in [1.807, 2.05) is 0 Å². The second kappa shape index (κ2) is 8.12. The average Bonchev–Trinajstić information content (AvgIpc) is 2.49. The van der Waals surface area contributed by atoms with Gasteiger partial charge in [0.2, 0.25) is 11.8 Å². The number of hydrogen-bond donors (Lipinski definition) is 3. The van der Waals surface area contributed by atoms with Crippen LogP contribution in [0.4, 0.5) is 11.4 Å². The summed E-state index contributed by atoms with van der Waals surface area (Å²) in [6, 6.07) is 7.01. The lowest BCUT2D eigenvalue weighted by atomic mass is 9.79. The fourth-order valence-corrected chi connectivity index (χ4v) is 2.39. The van der Waals surface area contributed by atoms with Crippen LogP contribution < -0.4 is 16.4 Å². The van der Waals surface area contributed by atoms with E-state index < -0.39 is 5.41 Å². The Morgan fingerprint density at radius 1 is 1.14 bits per heavy atom. The number of rotatable bonds is 4. The molecular weight excluding hydrogens is 306 g/mol. The van der Waals surface area contributed by atoms with Gasteiger partial charge in [-0.3, -0.25) is 9.59 Å². The minimum Gasteiger partial charge on any atom is -0.381 e. The van der Waals surface area contributed by atoms with Crippen molar-refractivity contribution in [2.75, 3.05) is 30.4 Å². The number of nitrogens with two attached hydrogens (primary N) is 1. The molecule has 1 aliphatic heterocycles. The zero-order valence-electron chi connectivity index (χ0n) is 12.6. The summed E-state index contributed by atoms with van der Waals surface area (Å²) in [5.41, 5.74) is 6.64. The van der Waals surface area contributed by atoms with Crippen molar-refractivity contribution in [2.24, 2.45) is 11.1 Å². The number of halogens is 1. The molecule has 2 amide bonds. The monoisotopic (exact) mass is 327 g/mol. The second-order valence-electron chi connectivity index (χ2n) is 5.31. The molecule has 4 N–H and O–H groups in total. The van der Waals surface area contributed by atoms with Crippen LogP contribution in [0, 0.1) is 5.41 Å². The normalized spacial score (nSPS) is 16.3. The van der Waals surface area contributed by atoms with E-state index in [2.05, 4.69) is 10.6 Å². The number of carbonyl (C=O) groups is 2. The summed E-state index contributed by atoms with van der Waals surface area (Å²) >= 11 is 0. The third-order valence-electron chi connectivity index (χ3n) is 3.79. The van der Waals surface area contributed by atoms with Crippen LogP contribution in [0.2, 0.25) is 0 Å². The van der Waals surface area contributed by atoms with Crippen LogP contribution >= 0.6 is 12.4 Å². The molecule has 0 saturated carbocycles. The van der Waals surface area contributed by atoms with Gasteiger partial charge in [0.1, 0.15) is 0 Å². The largest absolute Gasteiger partial charge is 0.381 e. The van der Waals surface area contributed by atoms with Gasteiger partial charge in [0.25, 0.3) is 0 Å². The number of carbonyl (C=O) groups excluding carboxylic acids is 2. The fourth-order valence-electron chi connectivity index (χ4n) is 2.39. The van der Waals surface area contributed by atoms with Gasteiger partial charge in [-0.2, -0.15) is 0 Å². The van der Waals surface area contributed by atoms with Crippen molar-refractivity contribution in [3.05, 3.63) is 24.3 Å². The van der Waals surface area contributed by atoms with Gasteiger partial charge in [-0.1, -0.05) is 0 Å². The van der Waals surface area contributed by atoms with Crippen molar-refractivity contribution in [1.29, 1.82) is 0 Å². The van der Waals surface area contributed by atoms with Gasteiger partial charge in [-0.15, -0.1) is 12.4 Å². The Bertz CT molecular complexity index is 513. The molecule has 0 bridgehead atoms. The highest BCUT2D eigenvalue weighted by molar-refractivity contribution is 5.96. The van der Waals surface area contributed by atoms with E-state index in [1.165, 1.54) is 6.92 Å². The van der Waals surface area contributed by atoms with Gasteiger partial charge >= 0.3 is 0 Å². The quantitative estimate of drug-likeness (QED) is 0.785. The first-order valence-corrected chi connectivity index (χ1v) is 7.03. The maximum absolute atomic E-state index is 12.5. The van der Waals surface area contributed by atoms with Gasteiger partial charge in [-0.05, 0) is 37.1 Å². The van der Waals surface area contributed by atoms with E-state index in [4.69, 9.17) is 10.5 Å². The minimum absolute atomic E-state index is 0. The molecule has 6 nitrogen and oxygen atoms in total. The summed E-state index contributed by atoms with van der Waals surface area (Å²) in [5, 5.41) is 5.58. The number of ether oxygens (including phenoxy) is 1. The van der Waals surface area contributed by atoms with Crippen LogP contribution in [0.1, 0.15) is 19.8 Å². The molecule has 1 aromatic rings. The standard InChI is InChI=1S/C15H21N3O3.ClH/c1-11(19)17-12-2-4-13(5-3-12)18-14(20)15(10-16)6-8-21-9-7-15;/h2-5H,6-10,16H2,1H3,(H,17,19)(H,18,20);1H. The zero-order chi connectivity index (χ0) is 15.3. The van der Waals surface area contributed by atoms with Gasteiger partial charge in [0, 0.05) is 38.1 Å². The number of anilines is 2. The summed E-state index contributed by atoms with van der Waals surface area (Å²) in [5.74, 6) is -0.198. The van der Waals surface area contributed by atoms with Crippen LogP contribution in [-0.2, 0) is 14.3 Å². The molecule has 0 spiro atoms. The lowest BCUT2D eigenvalue weighted by Crippen LogP contribution is -2.46. The van der Waals surface area contributed by atoms with Crippen LogP contribution in [0.25, 0.3) is 0 Å². The van der Waals surface area contributed by atoms with Crippen molar-refractivity contribution < 1.29 is 14.3 Å². The highest BCUT2D eigenvalue weighted by Gasteiger charge is 2.38. The van der Waals surface area contributed by atoms with Crippen molar-refractivity contribution in [2.45, 2.75) is 19.8 Å². The fraction of sp³-hybridized carbons (Fsp3) is 0.467. The second-order valence-corrected chi connectivity index (χ2v) is 5.31. The van der Waals surface area contributed by atoms with Crippen molar-refractivity contribution >= 4 is 35.6 Å². The van der Waals surface area contributed by atoms with Crippen molar-refractivity contribution in [3.63, 3.8) is 0 Å². The number of benzene rings is 1. The van der Waals surface area contributed by atoms with Crippen LogP contribution in [-0.4, -0.2) is 31.6 Å². The smallest absolute Gasteiger partial charge is 0.232 e. The minimum atomic E-state index is -0.547. The van der Waals surface area contributed by atoms with Gasteiger partial charge in [0.05, 0.1) is 5.41 Å². The van der Waals surface area contributed by atoms with E-state index in [1.54, 1.807) is 24.3 Å². The first-order valence-electron chi connectivity index (χ1n) is 7.03. The highest BCUT2D eigenvalue weighted by atomic mass is 35.5. The first kappa shape index (κ1) is 18.4. The van der Waals surface area contributed by atoms with E-state index in [9.17, 15) is 9.59 Å². The molecule has 0 unspecified atom stereocenters. The molecule has 1 saturated heterocycles. The van der Waals surface area contributed by atoms with Crippen LogP contribution in [0.3, 0.4) is 0 Å². The predicted octanol–water partition coefficient (Wildman–Crippen LogP) is 1.76. The Labute approximate surface area is 136 Å². The molecule has 2 rings (SSSR count). The van der Waals surface area contributed by atoms with Gasteiger partial charge < -0.3 is 21.1 Å². The molecule has 1 fully saturated rings. The van der Waals surface area contributed by atoms with Gasteiger partial charge in [0.15, 0.2) is 0 Å². The topological polar surface area (TPSA) is 93.5 Å². The number of amides is 2. The Morgan fingerprint density at radius 3 is 2.09 bits per heavy atom. The maximum Gasteiger partial charge on any atom is 0.232 e. The van der Waals surface area contributed by atoms with Crippen molar-refractivity contribution in [1.82, 2.24) is 0 Å². The van der Waals surface area contributed by atoms with E-state index in [0.717, 1.165) is 0 Å². The molecular formula is C15H22ClN3O3.